The van der Waals surface area contributed by atoms with Gasteiger partial charge in [-0.3, -0.25) is 0 Å². The van der Waals surface area contributed by atoms with E-state index in [2.05, 4.69) is 22.4 Å². The van der Waals surface area contributed by atoms with Crippen LogP contribution in [-0.2, 0) is 0 Å². The van der Waals surface area contributed by atoms with E-state index >= 15 is 0 Å². The molecule has 1 aliphatic carbocycles. The van der Waals surface area contributed by atoms with Crippen LogP contribution in [0.1, 0.15) is 39.0 Å². The van der Waals surface area contributed by atoms with Gasteiger partial charge in [0.25, 0.3) is 0 Å². The average Bonchev–Trinajstić information content (AvgIpc) is 2.77. The highest BCUT2D eigenvalue weighted by molar-refractivity contribution is 5.31. The number of aromatic nitrogens is 2. The van der Waals surface area contributed by atoms with Gasteiger partial charge in [0, 0.05) is 12.7 Å². The normalized spacial score (nSPS) is 19.0. The summed E-state index contributed by atoms with van der Waals surface area (Å²) in [7, 11) is 0. The summed E-state index contributed by atoms with van der Waals surface area (Å²) in [5.41, 5.74) is 0.511. The van der Waals surface area contributed by atoms with Crippen LogP contribution in [0.4, 0.5) is 5.82 Å². The number of anilines is 1. The van der Waals surface area contributed by atoms with E-state index in [0.717, 1.165) is 12.4 Å². The summed E-state index contributed by atoms with van der Waals surface area (Å²) in [4.78, 5) is 0. The molecule has 0 spiro atoms. The highest BCUT2D eigenvalue weighted by Gasteiger charge is 2.31. The van der Waals surface area contributed by atoms with Crippen LogP contribution in [0.15, 0.2) is 18.3 Å². The second-order valence-electron chi connectivity index (χ2n) is 4.52. The van der Waals surface area contributed by atoms with Gasteiger partial charge in [-0.25, -0.2) is 0 Å². The lowest BCUT2D eigenvalue weighted by molar-refractivity contribution is 0.306. The minimum Gasteiger partial charge on any atom is -0.368 e. The largest absolute Gasteiger partial charge is 0.368 e. The highest BCUT2D eigenvalue weighted by atomic mass is 15.2. The Morgan fingerprint density at radius 1 is 1.40 bits per heavy atom. The third kappa shape index (κ3) is 2.46. The van der Waals surface area contributed by atoms with Gasteiger partial charge in [-0.1, -0.05) is 19.8 Å². The van der Waals surface area contributed by atoms with E-state index in [1.807, 2.05) is 12.1 Å². The van der Waals surface area contributed by atoms with Gasteiger partial charge in [0.1, 0.15) is 5.82 Å². The van der Waals surface area contributed by atoms with Gasteiger partial charge in [0.05, 0.1) is 0 Å². The molecule has 15 heavy (non-hydrogen) atoms. The Labute approximate surface area is 91.3 Å². The lowest BCUT2D eigenvalue weighted by Gasteiger charge is -2.27. The van der Waals surface area contributed by atoms with E-state index in [1.54, 1.807) is 6.20 Å². The first-order valence-electron chi connectivity index (χ1n) is 5.86. The number of hydrogen-bond donors (Lipinski definition) is 1. The van der Waals surface area contributed by atoms with Gasteiger partial charge in [0.2, 0.25) is 0 Å². The monoisotopic (exact) mass is 205 g/mol. The number of hydrogen-bond acceptors (Lipinski definition) is 3. The molecule has 0 radical (unpaired) electrons. The summed E-state index contributed by atoms with van der Waals surface area (Å²) in [6.45, 7) is 3.34. The third-order valence-electron chi connectivity index (χ3n) is 3.63. The van der Waals surface area contributed by atoms with Crippen molar-refractivity contribution in [3.63, 3.8) is 0 Å². The van der Waals surface area contributed by atoms with Crippen molar-refractivity contribution in [3.05, 3.63) is 18.3 Å². The van der Waals surface area contributed by atoms with Crippen molar-refractivity contribution in [1.29, 1.82) is 0 Å². The fourth-order valence-electron chi connectivity index (χ4n) is 2.45. The lowest BCUT2D eigenvalue weighted by atomic mass is 9.83. The average molecular weight is 205 g/mol. The van der Waals surface area contributed by atoms with E-state index < -0.39 is 0 Å². The lowest BCUT2D eigenvalue weighted by Crippen LogP contribution is -2.26. The fraction of sp³-hybridized carbons (Fsp3) is 0.667. The Hall–Kier alpha value is -1.12. The standard InChI is InChI=1S/C12H19N3/c1-2-12(7-3-4-8-12)10-13-11-6-5-9-14-15-11/h5-6,9H,2-4,7-8,10H2,1H3,(H,13,15). The first-order chi connectivity index (χ1) is 7.35. The molecule has 2 rings (SSSR count). The molecule has 1 aliphatic rings. The van der Waals surface area contributed by atoms with Crippen LogP contribution in [-0.4, -0.2) is 16.7 Å². The molecule has 0 bridgehead atoms. The van der Waals surface area contributed by atoms with Crippen LogP contribution in [0, 0.1) is 5.41 Å². The zero-order valence-corrected chi connectivity index (χ0v) is 9.37. The van der Waals surface area contributed by atoms with Gasteiger partial charge in [0.15, 0.2) is 0 Å². The fourth-order valence-corrected chi connectivity index (χ4v) is 2.45. The molecule has 0 unspecified atom stereocenters. The maximum absolute atomic E-state index is 4.04. The molecule has 1 heterocycles. The maximum atomic E-state index is 4.04. The molecule has 82 valence electrons. The zero-order valence-electron chi connectivity index (χ0n) is 9.37. The Morgan fingerprint density at radius 3 is 2.80 bits per heavy atom. The molecule has 1 saturated carbocycles. The van der Waals surface area contributed by atoms with Crippen molar-refractivity contribution in [1.82, 2.24) is 10.2 Å². The topological polar surface area (TPSA) is 37.8 Å². The van der Waals surface area contributed by atoms with Crippen LogP contribution in [0.25, 0.3) is 0 Å². The molecule has 0 aromatic carbocycles. The number of rotatable bonds is 4. The summed E-state index contributed by atoms with van der Waals surface area (Å²) in [5.74, 6) is 0.900. The van der Waals surface area contributed by atoms with Crippen molar-refractivity contribution in [3.8, 4) is 0 Å². The Balaban J connectivity index is 1.92. The third-order valence-corrected chi connectivity index (χ3v) is 3.63. The van der Waals surface area contributed by atoms with E-state index in [0.29, 0.717) is 5.41 Å². The predicted octanol–water partition coefficient (Wildman–Crippen LogP) is 2.86. The van der Waals surface area contributed by atoms with Gasteiger partial charge >= 0.3 is 0 Å². The van der Waals surface area contributed by atoms with Crippen molar-refractivity contribution in [2.45, 2.75) is 39.0 Å². The highest BCUT2D eigenvalue weighted by Crippen LogP contribution is 2.40. The molecule has 1 aromatic rings. The Kier molecular flexibility index (Phi) is 3.19. The quantitative estimate of drug-likeness (QED) is 0.821. The summed E-state index contributed by atoms with van der Waals surface area (Å²) in [6, 6.07) is 3.90. The molecule has 3 nitrogen and oxygen atoms in total. The van der Waals surface area contributed by atoms with Crippen LogP contribution < -0.4 is 5.32 Å². The minimum atomic E-state index is 0.511. The van der Waals surface area contributed by atoms with Crippen LogP contribution in [0.3, 0.4) is 0 Å². The first-order valence-corrected chi connectivity index (χ1v) is 5.86. The summed E-state index contributed by atoms with van der Waals surface area (Å²) in [6.07, 6.45) is 8.45. The second-order valence-corrected chi connectivity index (χ2v) is 4.52. The number of nitrogens with zero attached hydrogens (tertiary/aromatic N) is 2. The van der Waals surface area contributed by atoms with E-state index in [1.165, 1.54) is 32.1 Å². The maximum Gasteiger partial charge on any atom is 0.148 e. The summed E-state index contributed by atoms with van der Waals surface area (Å²) < 4.78 is 0. The van der Waals surface area contributed by atoms with Crippen molar-refractivity contribution in [2.75, 3.05) is 11.9 Å². The molecule has 1 N–H and O–H groups in total. The van der Waals surface area contributed by atoms with Gasteiger partial charge in [-0.15, -0.1) is 5.10 Å². The molecular weight excluding hydrogens is 186 g/mol. The predicted molar refractivity (Wildman–Crippen MR) is 61.7 cm³/mol. The molecule has 0 aliphatic heterocycles. The van der Waals surface area contributed by atoms with Crippen LogP contribution in [0.2, 0.25) is 0 Å². The Bertz CT molecular complexity index is 291. The molecule has 0 amide bonds. The number of nitrogens with one attached hydrogen (secondary N) is 1. The Morgan fingerprint density at radius 2 is 2.20 bits per heavy atom. The minimum absolute atomic E-state index is 0.511. The van der Waals surface area contributed by atoms with Gasteiger partial charge in [-0.2, -0.15) is 5.10 Å². The van der Waals surface area contributed by atoms with Crippen molar-refractivity contribution < 1.29 is 0 Å². The smallest absolute Gasteiger partial charge is 0.148 e. The van der Waals surface area contributed by atoms with E-state index in [9.17, 15) is 0 Å². The summed E-state index contributed by atoms with van der Waals surface area (Å²) in [5, 5.41) is 11.3. The van der Waals surface area contributed by atoms with Crippen molar-refractivity contribution >= 4 is 5.82 Å². The van der Waals surface area contributed by atoms with E-state index in [4.69, 9.17) is 0 Å². The zero-order chi connectivity index (χ0) is 10.6. The van der Waals surface area contributed by atoms with Crippen LogP contribution >= 0.6 is 0 Å². The molecular formula is C12H19N3. The second kappa shape index (κ2) is 4.60. The molecule has 0 atom stereocenters. The van der Waals surface area contributed by atoms with Gasteiger partial charge < -0.3 is 5.32 Å². The molecule has 0 saturated heterocycles. The van der Waals surface area contributed by atoms with Crippen LogP contribution in [0.5, 0.6) is 0 Å². The van der Waals surface area contributed by atoms with Gasteiger partial charge in [-0.05, 0) is 36.8 Å². The molecule has 3 heteroatoms. The summed E-state index contributed by atoms with van der Waals surface area (Å²) >= 11 is 0. The first kappa shape index (κ1) is 10.4. The van der Waals surface area contributed by atoms with Crippen molar-refractivity contribution in [2.24, 2.45) is 5.41 Å². The SMILES string of the molecule is CCC1(CNc2cccnn2)CCCC1. The molecule has 1 fully saturated rings. The van der Waals surface area contributed by atoms with E-state index in [-0.39, 0.29) is 0 Å². The molecule has 1 aromatic heterocycles.